The summed E-state index contributed by atoms with van der Waals surface area (Å²) >= 11 is 0. The first-order valence-corrected chi connectivity index (χ1v) is 8.44. The number of amides is 1. The zero-order valence-electron chi connectivity index (χ0n) is 13.4. The minimum atomic E-state index is -0.200. The van der Waals surface area contributed by atoms with Gasteiger partial charge in [-0.3, -0.25) is 4.79 Å². The standard InChI is InChI=1S/C18H25FN2O.ClH/c19-16-7-5-15(6-8-16)18(9-1-2-10-18)13-21-17(22)14-4-3-11-20-12-14;/h5-8,14,20H,1-4,9-13H2,(H,21,22);1H. The van der Waals surface area contributed by atoms with Crippen LogP contribution in [0.15, 0.2) is 24.3 Å². The lowest BCUT2D eigenvalue weighted by Gasteiger charge is -2.31. The molecule has 2 aliphatic rings. The molecule has 0 bridgehead atoms. The van der Waals surface area contributed by atoms with E-state index in [4.69, 9.17) is 0 Å². The smallest absolute Gasteiger partial charge is 0.224 e. The van der Waals surface area contributed by atoms with Crippen LogP contribution in [0.2, 0.25) is 0 Å². The van der Waals surface area contributed by atoms with E-state index in [9.17, 15) is 9.18 Å². The van der Waals surface area contributed by atoms with Gasteiger partial charge in [-0.15, -0.1) is 12.4 Å². The van der Waals surface area contributed by atoms with Crippen LogP contribution in [0.25, 0.3) is 0 Å². The van der Waals surface area contributed by atoms with Gasteiger partial charge in [0.25, 0.3) is 0 Å². The van der Waals surface area contributed by atoms with Crippen molar-refractivity contribution in [3.63, 3.8) is 0 Å². The summed E-state index contributed by atoms with van der Waals surface area (Å²) < 4.78 is 13.2. The molecule has 1 aliphatic carbocycles. The average Bonchev–Trinajstić information content (AvgIpc) is 3.04. The van der Waals surface area contributed by atoms with Crippen molar-refractivity contribution in [1.82, 2.24) is 10.6 Å². The lowest BCUT2D eigenvalue weighted by atomic mass is 9.78. The van der Waals surface area contributed by atoms with Crippen LogP contribution in [-0.2, 0) is 10.2 Å². The fourth-order valence-electron chi connectivity index (χ4n) is 3.90. The molecule has 0 radical (unpaired) electrons. The molecule has 1 atom stereocenters. The number of rotatable bonds is 4. The number of nitrogens with one attached hydrogen (secondary N) is 2. The summed E-state index contributed by atoms with van der Waals surface area (Å²) in [4.78, 5) is 12.4. The first-order chi connectivity index (χ1) is 10.7. The van der Waals surface area contributed by atoms with Gasteiger partial charge in [-0.1, -0.05) is 25.0 Å². The monoisotopic (exact) mass is 340 g/mol. The number of hydrogen-bond acceptors (Lipinski definition) is 2. The van der Waals surface area contributed by atoms with Crippen LogP contribution in [0, 0.1) is 11.7 Å². The lowest BCUT2D eigenvalue weighted by molar-refractivity contribution is -0.125. The molecule has 1 saturated heterocycles. The Morgan fingerprint density at radius 3 is 2.52 bits per heavy atom. The van der Waals surface area contributed by atoms with Crippen molar-refractivity contribution in [2.75, 3.05) is 19.6 Å². The van der Waals surface area contributed by atoms with Crippen LogP contribution in [-0.4, -0.2) is 25.5 Å². The van der Waals surface area contributed by atoms with E-state index in [1.165, 1.54) is 25.0 Å². The largest absolute Gasteiger partial charge is 0.355 e. The highest BCUT2D eigenvalue weighted by Gasteiger charge is 2.36. The maximum Gasteiger partial charge on any atom is 0.224 e. The second kappa shape index (κ2) is 8.11. The minimum absolute atomic E-state index is 0. The second-order valence-electron chi connectivity index (χ2n) is 6.76. The molecular weight excluding hydrogens is 315 g/mol. The van der Waals surface area contributed by atoms with Crippen molar-refractivity contribution < 1.29 is 9.18 Å². The number of halogens is 2. The molecule has 3 rings (SSSR count). The summed E-state index contributed by atoms with van der Waals surface area (Å²) in [5, 5.41) is 6.46. The number of carbonyl (C=O) groups excluding carboxylic acids is 1. The van der Waals surface area contributed by atoms with Gasteiger partial charge >= 0.3 is 0 Å². The van der Waals surface area contributed by atoms with E-state index in [1.807, 2.05) is 12.1 Å². The Bertz CT molecular complexity index is 508. The van der Waals surface area contributed by atoms with E-state index in [2.05, 4.69) is 10.6 Å². The highest BCUT2D eigenvalue weighted by Crippen LogP contribution is 2.40. The summed E-state index contributed by atoms with van der Waals surface area (Å²) in [5.74, 6) is 0.0650. The molecule has 3 nitrogen and oxygen atoms in total. The van der Waals surface area contributed by atoms with Gasteiger partial charge in [0.15, 0.2) is 0 Å². The molecule has 1 amide bonds. The third kappa shape index (κ3) is 4.24. The molecule has 1 heterocycles. The third-order valence-corrected chi connectivity index (χ3v) is 5.29. The molecule has 0 spiro atoms. The quantitative estimate of drug-likeness (QED) is 0.884. The minimum Gasteiger partial charge on any atom is -0.355 e. The summed E-state index contributed by atoms with van der Waals surface area (Å²) in [6.45, 7) is 2.48. The van der Waals surface area contributed by atoms with Crippen LogP contribution in [0.5, 0.6) is 0 Å². The summed E-state index contributed by atoms with van der Waals surface area (Å²) in [7, 11) is 0. The highest BCUT2D eigenvalue weighted by atomic mass is 35.5. The summed E-state index contributed by atoms with van der Waals surface area (Å²) in [5.41, 5.74) is 1.15. The summed E-state index contributed by atoms with van der Waals surface area (Å²) in [6.07, 6.45) is 6.55. The lowest BCUT2D eigenvalue weighted by Crippen LogP contribution is -2.45. The third-order valence-electron chi connectivity index (χ3n) is 5.29. The topological polar surface area (TPSA) is 41.1 Å². The molecular formula is C18H26ClFN2O. The Balaban J connectivity index is 0.00000192. The van der Waals surface area contributed by atoms with Gasteiger partial charge in [0.05, 0.1) is 5.92 Å². The van der Waals surface area contributed by atoms with E-state index in [0.29, 0.717) is 6.54 Å². The van der Waals surface area contributed by atoms with Crippen molar-refractivity contribution in [2.45, 2.75) is 43.9 Å². The molecule has 1 aromatic rings. The molecule has 1 unspecified atom stereocenters. The zero-order chi connectivity index (χ0) is 15.4. The Morgan fingerprint density at radius 2 is 1.91 bits per heavy atom. The maximum atomic E-state index is 13.2. The van der Waals surface area contributed by atoms with E-state index >= 15 is 0 Å². The van der Waals surface area contributed by atoms with Crippen LogP contribution >= 0.6 is 12.4 Å². The zero-order valence-corrected chi connectivity index (χ0v) is 14.3. The predicted octanol–water partition coefficient (Wildman–Crippen LogP) is 3.18. The molecule has 2 fully saturated rings. The predicted molar refractivity (Wildman–Crippen MR) is 92.4 cm³/mol. The Labute approximate surface area is 143 Å². The van der Waals surface area contributed by atoms with E-state index in [1.54, 1.807) is 0 Å². The van der Waals surface area contributed by atoms with Crippen LogP contribution < -0.4 is 10.6 Å². The number of carbonyl (C=O) groups is 1. The molecule has 1 saturated carbocycles. The van der Waals surface area contributed by atoms with E-state index in [0.717, 1.165) is 44.3 Å². The molecule has 1 aliphatic heterocycles. The Kier molecular flexibility index (Phi) is 6.42. The van der Waals surface area contributed by atoms with Crippen molar-refractivity contribution in [1.29, 1.82) is 0 Å². The average molecular weight is 341 g/mol. The van der Waals surface area contributed by atoms with E-state index in [-0.39, 0.29) is 35.5 Å². The van der Waals surface area contributed by atoms with Gasteiger partial charge in [-0.25, -0.2) is 4.39 Å². The van der Waals surface area contributed by atoms with Gasteiger partial charge in [-0.2, -0.15) is 0 Å². The van der Waals surface area contributed by atoms with Gasteiger partial charge in [0.1, 0.15) is 5.82 Å². The van der Waals surface area contributed by atoms with Crippen LogP contribution in [0.1, 0.15) is 44.1 Å². The number of hydrogen-bond donors (Lipinski definition) is 2. The van der Waals surface area contributed by atoms with Gasteiger partial charge < -0.3 is 10.6 Å². The molecule has 23 heavy (non-hydrogen) atoms. The molecule has 2 N–H and O–H groups in total. The second-order valence-corrected chi connectivity index (χ2v) is 6.76. The SMILES string of the molecule is Cl.O=C(NCC1(c2ccc(F)cc2)CCCC1)C1CCCNC1. The Hall–Kier alpha value is -1.13. The normalized spacial score (nSPS) is 23.1. The molecule has 1 aromatic carbocycles. The van der Waals surface area contributed by atoms with Crippen molar-refractivity contribution in [3.05, 3.63) is 35.6 Å². The molecule has 128 valence electrons. The maximum absolute atomic E-state index is 13.2. The van der Waals surface area contributed by atoms with Crippen molar-refractivity contribution >= 4 is 18.3 Å². The fourth-order valence-corrected chi connectivity index (χ4v) is 3.90. The van der Waals surface area contributed by atoms with Gasteiger partial charge in [-0.05, 0) is 49.9 Å². The number of piperidine rings is 1. The summed E-state index contributed by atoms with van der Waals surface area (Å²) in [6, 6.07) is 6.83. The Morgan fingerprint density at radius 1 is 1.22 bits per heavy atom. The van der Waals surface area contributed by atoms with Crippen molar-refractivity contribution in [2.24, 2.45) is 5.92 Å². The first-order valence-electron chi connectivity index (χ1n) is 8.44. The highest BCUT2D eigenvalue weighted by molar-refractivity contribution is 5.85. The molecule has 5 heteroatoms. The van der Waals surface area contributed by atoms with Gasteiger partial charge in [0, 0.05) is 18.5 Å². The number of benzene rings is 1. The van der Waals surface area contributed by atoms with E-state index < -0.39 is 0 Å². The van der Waals surface area contributed by atoms with Crippen molar-refractivity contribution in [3.8, 4) is 0 Å². The fraction of sp³-hybridized carbons (Fsp3) is 0.611. The molecule has 0 aromatic heterocycles. The van der Waals surface area contributed by atoms with Crippen LogP contribution in [0.3, 0.4) is 0 Å². The van der Waals surface area contributed by atoms with Crippen LogP contribution in [0.4, 0.5) is 4.39 Å². The first kappa shape index (κ1) is 18.2. The van der Waals surface area contributed by atoms with Gasteiger partial charge in [0.2, 0.25) is 5.91 Å².